The van der Waals surface area contributed by atoms with Gasteiger partial charge in [-0.15, -0.1) is 0 Å². The third-order valence-electron chi connectivity index (χ3n) is 4.70. The first-order valence-electron chi connectivity index (χ1n) is 9.73. The van der Waals surface area contributed by atoms with Gasteiger partial charge >= 0.3 is 0 Å². The number of amides is 1. The first kappa shape index (κ1) is 23.2. The Hall–Kier alpha value is -2.05. The molecule has 0 aliphatic rings. The molecule has 158 valence electrons. The second-order valence-electron chi connectivity index (χ2n) is 7.27. The summed E-state index contributed by atoms with van der Waals surface area (Å²) in [5.74, 6) is -0.0708. The van der Waals surface area contributed by atoms with Gasteiger partial charge in [0.15, 0.2) is 0 Å². The van der Waals surface area contributed by atoms with Crippen molar-refractivity contribution in [3.05, 3.63) is 64.2 Å². The fraction of sp³-hybridized carbons (Fsp3) is 0.409. The molecule has 2 aromatic rings. The standard InChI is InChI=1S/C22H29ClN2O3S/c1-17-12-13-18(2)21(16-17)25(29(3,27)28)15-7-11-22(26)24-14-6-9-19-8-4-5-10-20(19)23/h4-5,8,10,12-13,16H,6-7,9,11,14-15H2,1-3H3,(H,24,26). The molecular weight excluding hydrogens is 408 g/mol. The van der Waals surface area contributed by atoms with Crippen molar-refractivity contribution in [1.82, 2.24) is 5.32 Å². The van der Waals surface area contributed by atoms with Gasteiger partial charge in [-0.3, -0.25) is 9.10 Å². The zero-order valence-electron chi connectivity index (χ0n) is 17.2. The predicted octanol–water partition coefficient (Wildman–Crippen LogP) is 4.25. The van der Waals surface area contributed by atoms with Gasteiger partial charge in [0.05, 0.1) is 11.9 Å². The number of hydrogen-bond acceptors (Lipinski definition) is 3. The van der Waals surface area contributed by atoms with Gasteiger partial charge in [0.1, 0.15) is 0 Å². The summed E-state index contributed by atoms with van der Waals surface area (Å²) in [6, 6.07) is 13.4. The Kier molecular flexibility index (Phi) is 8.53. The molecular formula is C22H29ClN2O3S. The monoisotopic (exact) mass is 436 g/mol. The van der Waals surface area contributed by atoms with E-state index in [9.17, 15) is 13.2 Å². The van der Waals surface area contributed by atoms with E-state index in [-0.39, 0.29) is 18.9 Å². The van der Waals surface area contributed by atoms with Crippen molar-refractivity contribution in [2.45, 2.75) is 39.5 Å². The van der Waals surface area contributed by atoms with Crippen LogP contribution in [0.2, 0.25) is 5.02 Å². The summed E-state index contributed by atoms with van der Waals surface area (Å²) in [6.45, 7) is 4.66. The molecule has 0 aromatic heterocycles. The van der Waals surface area contributed by atoms with Gasteiger partial charge in [-0.1, -0.05) is 41.9 Å². The molecule has 29 heavy (non-hydrogen) atoms. The van der Waals surface area contributed by atoms with E-state index >= 15 is 0 Å². The highest BCUT2D eigenvalue weighted by Gasteiger charge is 2.19. The highest BCUT2D eigenvalue weighted by Crippen LogP contribution is 2.24. The number of anilines is 1. The average Bonchev–Trinajstić information content (AvgIpc) is 2.65. The average molecular weight is 437 g/mol. The summed E-state index contributed by atoms with van der Waals surface area (Å²) in [5.41, 5.74) is 3.63. The van der Waals surface area contributed by atoms with Crippen LogP contribution in [-0.4, -0.2) is 33.7 Å². The lowest BCUT2D eigenvalue weighted by molar-refractivity contribution is -0.121. The van der Waals surface area contributed by atoms with Crippen LogP contribution in [0.5, 0.6) is 0 Å². The number of sulfonamides is 1. The fourth-order valence-electron chi connectivity index (χ4n) is 3.13. The molecule has 0 spiro atoms. The van der Waals surface area contributed by atoms with E-state index in [0.29, 0.717) is 18.7 Å². The number of rotatable bonds is 10. The number of carbonyl (C=O) groups is 1. The van der Waals surface area contributed by atoms with E-state index in [1.807, 2.05) is 56.3 Å². The summed E-state index contributed by atoms with van der Waals surface area (Å²) >= 11 is 6.13. The molecule has 0 unspecified atom stereocenters. The predicted molar refractivity (Wildman–Crippen MR) is 120 cm³/mol. The minimum Gasteiger partial charge on any atom is -0.356 e. The van der Waals surface area contributed by atoms with Gasteiger partial charge in [-0.05, 0) is 61.9 Å². The van der Waals surface area contributed by atoms with Gasteiger partial charge in [0.25, 0.3) is 0 Å². The lowest BCUT2D eigenvalue weighted by Gasteiger charge is -2.24. The zero-order chi connectivity index (χ0) is 21.4. The van der Waals surface area contributed by atoms with E-state index in [0.717, 1.165) is 34.6 Å². The van der Waals surface area contributed by atoms with Crippen molar-refractivity contribution in [2.75, 3.05) is 23.7 Å². The first-order valence-corrected chi connectivity index (χ1v) is 12.0. The maximum atomic E-state index is 12.3. The Morgan fingerprint density at radius 2 is 1.83 bits per heavy atom. The topological polar surface area (TPSA) is 66.5 Å². The summed E-state index contributed by atoms with van der Waals surface area (Å²) in [4.78, 5) is 12.1. The summed E-state index contributed by atoms with van der Waals surface area (Å²) in [5, 5.41) is 3.64. The van der Waals surface area contributed by atoms with Crippen molar-refractivity contribution < 1.29 is 13.2 Å². The second-order valence-corrected chi connectivity index (χ2v) is 9.59. The van der Waals surface area contributed by atoms with Crippen molar-refractivity contribution in [3.8, 4) is 0 Å². The Bertz CT molecular complexity index is 945. The molecule has 0 fully saturated rings. The minimum absolute atomic E-state index is 0.0708. The molecule has 0 saturated heterocycles. The van der Waals surface area contributed by atoms with Crippen molar-refractivity contribution in [2.24, 2.45) is 0 Å². The molecule has 0 aliphatic carbocycles. The van der Waals surface area contributed by atoms with Crippen LogP contribution in [0.4, 0.5) is 5.69 Å². The molecule has 2 rings (SSSR count). The number of benzene rings is 2. The normalized spacial score (nSPS) is 11.3. The number of halogens is 1. The third-order valence-corrected chi connectivity index (χ3v) is 6.25. The fourth-order valence-corrected chi connectivity index (χ4v) is 4.38. The first-order chi connectivity index (χ1) is 13.7. The van der Waals surface area contributed by atoms with Crippen LogP contribution in [0.1, 0.15) is 36.0 Å². The molecule has 7 heteroatoms. The Labute approximate surface area is 179 Å². The van der Waals surface area contributed by atoms with E-state index in [2.05, 4.69) is 5.32 Å². The minimum atomic E-state index is -3.42. The molecule has 1 N–H and O–H groups in total. The van der Waals surface area contributed by atoms with Crippen LogP contribution in [-0.2, 0) is 21.2 Å². The number of nitrogens with one attached hydrogen (secondary N) is 1. The Morgan fingerprint density at radius 1 is 1.10 bits per heavy atom. The van der Waals surface area contributed by atoms with Crippen LogP contribution < -0.4 is 9.62 Å². The molecule has 0 atom stereocenters. The number of nitrogens with zero attached hydrogens (tertiary/aromatic N) is 1. The molecule has 5 nitrogen and oxygen atoms in total. The van der Waals surface area contributed by atoms with Gasteiger partial charge in [-0.25, -0.2) is 8.42 Å². The Balaban J connectivity index is 1.81. The van der Waals surface area contributed by atoms with Crippen molar-refractivity contribution in [3.63, 3.8) is 0 Å². The van der Waals surface area contributed by atoms with Crippen LogP contribution in [0.25, 0.3) is 0 Å². The molecule has 1 amide bonds. The molecule has 0 heterocycles. The van der Waals surface area contributed by atoms with E-state index < -0.39 is 10.0 Å². The lowest BCUT2D eigenvalue weighted by Crippen LogP contribution is -2.33. The quantitative estimate of drug-likeness (QED) is 0.566. The summed E-state index contributed by atoms with van der Waals surface area (Å²) < 4.78 is 25.9. The van der Waals surface area contributed by atoms with Crippen LogP contribution in [0, 0.1) is 13.8 Å². The maximum absolute atomic E-state index is 12.3. The van der Waals surface area contributed by atoms with Gasteiger partial charge < -0.3 is 5.32 Å². The smallest absolute Gasteiger partial charge is 0.232 e. The van der Waals surface area contributed by atoms with Gasteiger partial charge in [-0.2, -0.15) is 0 Å². The van der Waals surface area contributed by atoms with E-state index in [4.69, 9.17) is 11.6 Å². The second kappa shape index (κ2) is 10.6. The van der Waals surface area contributed by atoms with E-state index in [1.165, 1.54) is 10.6 Å². The number of carbonyl (C=O) groups excluding carboxylic acids is 1. The molecule has 2 aromatic carbocycles. The number of hydrogen-bond donors (Lipinski definition) is 1. The lowest BCUT2D eigenvalue weighted by atomic mass is 10.1. The van der Waals surface area contributed by atoms with Crippen LogP contribution >= 0.6 is 11.6 Å². The highest BCUT2D eigenvalue weighted by molar-refractivity contribution is 7.92. The third kappa shape index (κ3) is 7.37. The van der Waals surface area contributed by atoms with E-state index in [1.54, 1.807) is 0 Å². The van der Waals surface area contributed by atoms with Crippen molar-refractivity contribution >= 4 is 33.2 Å². The van der Waals surface area contributed by atoms with Gasteiger partial charge in [0, 0.05) is 24.5 Å². The molecule has 0 radical (unpaired) electrons. The summed E-state index contributed by atoms with van der Waals surface area (Å²) in [6.07, 6.45) is 3.53. The van der Waals surface area contributed by atoms with Crippen LogP contribution in [0.15, 0.2) is 42.5 Å². The maximum Gasteiger partial charge on any atom is 0.232 e. The number of aryl methyl sites for hydroxylation is 3. The SMILES string of the molecule is Cc1ccc(C)c(N(CCCC(=O)NCCCc2ccccc2Cl)S(C)(=O)=O)c1. The molecule has 0 saturated carbocycles. The molecule has 0 bridgehead atoms. The largest absolute Gasteiger partial charge is 0.356 e. The van der Waals surface area contributed by atoms with Crippen molar-refractivity contribution in [1.29, 1.82) is 0 Å². The Morgan fingerprint density at radius 3 is 2.52 bits per heavy atom. The highest BCUT2D eigenvalue weighted by atomic mass is 35.5. The molecule has 0 aliphatic heterocycles. The van der Waals surface area contributed by atoms with Gasteiger partial charge in [0.2, 0.25) is 15.9 Å². The zero-order valence-corrected chi connectivity index (χ0v) is 18.8. The van der Waals surface area contributed by atoms with Crippen LogP contribution in [0.3, 0.4) is 0 Å². The summed E-state index contributed by atoms with van der Waals surface area (Å²) in [7, 11) is -3.42.